The van der Waals surface area contributed by atoms with Crippen LogP contribution < -0.4 is 9.64 Å². The molecule has 218 valence electrons. The molecule has 43 heavy (non-hydrogen) atoms. The Labute approximate surface area is 253 Å². The summed E-state index contributed by atoms with van der Waals surface area (Å²) < 4.78 is 11.1. The number of thiazole rings is 1. The smallest absolute Gasteiger partial charge is 0.350 e. The second-order valence-electron chi connectivity index (χ2n) is 10.1. The third-order valence-electron chi connectivity index (χ3n) is 7.03. The Morgan fingerprint density at radius 3 is 2.44 bits per heavy atom. The minimum Gasteiger partial charge on any atom is -0.507 e. The number of ether oxygens (including phenoxy) is 2. The third kappa shape index (κ3) is 5.98. The molecule has 0 unspecified atom stereocenters. The molecule has 8 nitrogen and oxygen atoms in total. The molecule has 5 rings (SSSR count). The van der Waals surface area contributed by atoms with Crippen LogP contribution in [0.25, 0.3) is 5.76 Å². The number of amides is 1. The number of aliphatic hydroxyl groups is 1. The van der Waals surface area contributed by atoms with Crippen LogP contribution in [0.5, 0.6) is 5.75 Å². The van der Waals surface area contributed by atoms with Crippen LogP contribution in [0.4, 0.5) is 5.13 Å². The Morgan fingerprint density at radius 2 is 1.77 bits per heavy atom. The average Bonchev–Trinajstić information content (AvgIpc) is 3.51. The van der Waals surface area contributed by atoms with Gasteiger partial charge in [0.1, 0.15) is 29.6 Å². The van der Waals surface area contributed by atoms with Crippen LogP contribution in [-0.4, -0.2) is 34.4 Å². The van der Waals surface area contributed by atoms with Gasteiger partial charge in [0.25, 0.3) is 5.78 Å². The highest BCUT2D eigenvalue weighted by atomic mass is 32.1. The summed E-state index contributed by atoms with van der Waals surface area (Å²) in [6.07, 6.45) is 1.45. The fourth-order valence-electron chi connectivity index (χ4n) is 4.82. The number of hydrogen-bond donors (Lipinski definition) is 1. The van der Waals surface area contributed by atoms with E-state index in [4.69, 9.17) is 9.47 Å². The summed E-state index contributed by atoms with van der Waals surface area (Å²) in [5, 5.41) is 11.7. The van der Waals surface area contributed by atoms with Gasteiger partial charge in [0, 0.05) is 5.56 Å². The van der Waals surface area contributed by atoms with Crippen molar-refractivity contribution in [1.29, 1.82) is 0 Å². The molecule has 2 heterocycles. The van der Waals surface area contributed by atoms with Crippen molar-refractivity contribution in [2.75, 3.05) is 11.5 Å². The van der Waals surface area contributed by atoms with Crippen LogP contribution in [0.15, 0.2) is 91.0 Å². The van der Waals surface area contributed by atoms with Gasteiger partial charge in [0.15, 0.2) is 5.13 Å². The normalized spacial score (nSPS) is 15.9. The van der Waals surface area contributed by atoms with Crippen LogP contribution in [-0.2, 0) is 20.9 Å². The van der Waals surface area contributed by atoms with Crippen molar-refractivity contribution in [1.82, 2.24) is 4.98 Å². The maximum absolute atomic E-state index is 13.6. The Bertz CT molecular complexity index is 1740. The summed E-state index contributed by atoms with van der Waals surface area (Å²) in [7, 11) is 0. The standard InChI is InChI=1S/C34H30N2O6S/c1-5-17-41-33(40)31-22(4)35-34(43-31)36-28(24-13-11-20(2)12-14-24)27(30(38)32(36)39)29(37)25-15-16-26(21(3)18-25)42-19-23-9-7-6-8-10-23/h5-16,18,28,37H,1,17,19H2,2-4H3/b29-27+/t28-/m1/s1. The first-order chi connectivity index (χ1) is 20.7. The highest BCUT2D eigenvalue weighted by Crippen LogP contribution is 2.44. The number of carbonyl (C=O) groups excluding carboxylic acids is 3. The maximum atomic E-state index is 13.6. The van der Waals surface area contributed by atoms with E-state index in [1.807, 2.05) is 56.3 Å². The molecule has 0 spiro atoms. The lowest BCUT2D eigenvalue weighted by Crippen LogP contribution is -2.29. The average molecular weight is 595 g/mol. The van der Waals surface area contributed by atoms with Crippen molar-refractivity contribution in [2.24, 2.45) is 0 Å². The predicted octanol–water partition coefficient (Wildman–Crippen LogP) is 6.62. The number of hydrogen-bond acceptors (Lipinski definition) is 8. The molecule has 1 N–H and O–H groups in total. The number of esters is 1. The molecule has 1 fully saturated rings. The number of anilines is 1. The number of aryl methyl sites for hydroxylation is 3. The van der Waals surface area contributed by atoms with E-state index in [2.05, 4.69) is 11.6 Å². The van der Waals surface area contributed by atoms with Gasteiger partial charge in [-0.2, -0.15) is 0 Å². The summed E-state index contributed by atoms with van der Waals surface area (Å²) in [6.45, 7) is 9.35. The highest BCUT2D eigenvalue weighted by Gasteiger charge is 2.48. The number of ketones is 1. The summed E-state index contributed by atoms with van der Waals surface area (Å²) >= 11 is 0.952. The zero-order chi connectivity index (χ0) is 30.7. The number of carbonyl (C=O) groups is 3. The van der Waals surface area contributed by atoms with E-state index < -0.39 is 23.7 Å². The summed E-state index contributed by atoms with van der Waals surface area (Å²) in [5.74, 6) is -2.00. The molecule has 1 saturated heterocycles. The molecular weight excluding hydrogens is 564 g/mol. The fraction of sp³-hybridized carbons (Fsp3) is 0.176. The summed E-state index contributed by atoms with van der Waals surface area (Å²) in [5.41, 5.74) is 4.01. The van der Waals surface area contributed by atoms with Crippen LogP contribution >= 0.6 is 11.3 Å². The molecule has 4 aromatic rings. The minimum atomic E-state index is -0.975. The molecule has 0 radical (unpaired) electrons. The van der Waals surface area contributed by atoms with Crippen molar-refractivity contribution >= 4 is 39.9 Å². The lowest BCUT2D eigenvalue weighted by molar-refractivity contribution is -0.132. The van der Waals surface area contributed by atoms with Crippen molar-refractivity contribution in [3.05, 3.63) is 129 Å². The predicted molar refractivity (Wildman–Crippen MR) is 165 cm³/mol. The van der Waals surface area contributed by atoms with Crippen molar-refractivity contribution in [3.63, 3.8) is 0 Å². The van der Waals surface area contributed by atoms with Crippen molar-refractivity contribution < 1.29 is 29.0 Å². The highest BCUT2D eigenvalue weighted by molar-refractivity contribution is 7.17. The zero-order valence-electron chi connectivity index (χ0n) is 24.0. The van der Waals surface area contributed by atoms with E-state index in [1.54, 1.807) is 37.3 Å². The lowest BCUT2D eigenvalue weighted by atomic mass is 9.94. The summed E-state index contributed by atoms with van der Waals surface area (Å²) in [4.78, 5) is 45.6. The van der Waals surface area contributed by atoms with E-state index in [-0.39, 0.29) is 27.9 Å². The minimum absolute atomic E-state index is 0.0227. The molecule has 9 heteroatoms. The van der Waals surface area contributed by atoms with E-state index >= 15 is 0 Å². The first-order valence-corrected chi connectivity index (χ1v) is 14.4. The molecule has 1 amide bonds. The van der Waals surface area contributed by atoms with Gasteiger partial charge in [-0.05, 0) is 55.7 Å². The first kappa shape index (κ1) is 29.5. The Balaban J connectivity index is 1.55. The molecule has 0 saturated carbocycles. The molecule has 0 aliphatic carbocycles. The van der Waals surface area contributed by atoms with Gasteiger partial charge in [-0.25, -0.2) is 9.78 Å². The van der Waals surface area contributed by atoms with Gasteiger partial charge < -0.3 is 14.6 Å². The second-order valence-corrected chi connectivity index (χ2v) is 11.1. The van der Waals surface area contributed by atoms with E-state index in [1.165, 1.54) is 11.0 Å². The Kier molecular flexibility index (Phi) is 8.54. The van der Waals surface area contributed by atoms with Gasteiger partial charge in [-0.15, -0.1) is 0 Å². The quantitative estimate of drug-likeness (QED) is 0.0764. The zero-order valence-corrected chi connectivity index (χ0v) is 24.8. The van der Waals surface area contributed by atoms with Crippen molar-refractivity contribution in [2.45, 2.75) is 33.4 Å². The first-order valence-electron chi connectivity index (χ1n) is 13.6. The third-order valence-corrected chi connectivity index (χ3v) is 8.17. The monoisotopic (exact) mass is 594 g/mol. The van der Waals surface area contributed by atoms with Gasteiger partial charge in [0.05, 0.1) is 17.3 Å². The summed E-state index contributed by atoms with van der Waals surface area (Å²) in [6, 6.07) is 21.2. The molecule has 1 atom stereocenters. The Hall–Kier alpha value is -5.02. The topological polar surface area (TPSA) is 106 Å². The number of rotatable bonds is 9. The van der Waals surface area contributed by atoms with Gasteiger partial charge in [-0.1, -0.05) is 84.2 Å². The largest absolute Gasteiger partial charge is 0.507 e. The van der Waals surface area contributed by atoms with Crippen LogP contribution in [0.1, 0.15) is 49.2 Å². The van der Waals surface area contributed by atoms with Crippen molar-refractivity contribution in [3.8, 4) is 5.75 Å². The molecule has 1 aliphatic rings. The Morgan fingerprint density at radius 1 is 1.05 bits per heavy atom. The number of nitrogens with zero attached hydrogens (tertiary/aromatic N) is 2. The number of benzene rings is 3. The van der Waals surface area contributed by atoms with Gasteiger partial charge in [-0.3, -0.25) is 14.5 Å². The van der Waals surface area contributed by atoms with Gasteiger partial charge >= 0.3 is 11.9 Å². The SMILES string of the molecule is C=CCOC(=O)c1sc(N2C(=O)C(=O)/C(=C(/O)c3ccc(OCc4ccccc4)c(C)c3)[C@H]2c2ccc(C)cc2)nc1C. The molecule has 3 aromatic carbocycles. The number of aromatic nitrogens is 1. The second kappa shape index (κ2) is 12.5. The van der Waals surface area contributed by atoms with E-state index in [0.717, 1.165) is 28.0 Å². The van der Waals surface area contributed by atoms with Crippen LogP contribution in [0, 0.1) is 20.8 Å². The maximum Gasteiger partial charge on any atom is 0.350 e. The fourth-order valence-corrected chi connectivity index (χ4v) is 5.81. The molecule has 0 bridgehead atoms. The lowest BCUT2D eigenvalue weighted by Gasteiger charge is -2.23. The van der Waals surface area contributed by atoms with E-state index in [9.17, 15) is 19.5 Å². The van der Waals surface area contributed by atoms with Gasteiger partial charge in [0.2, 0.25) is 0 Å². The number of Topliss-reactive ketones (excluding diaryl/α,β-unsaturated/α-hetero) is 1. The molecule has 1 aromatic heterocycles. The number of aliphatic hydroxyl groups excluding tert-OH is 1. The van der Waals surface area contributed by atoms with Crippen LogP contribution in [0.2, 0.25) is 0 Å². The van der Waals surface area contributed by atoms with E-state index in [0.29, 0.717) is 29.2 Å². The molecule has 1 aliphatic heterocycles. The van der Waals surface area contributed by atoms with Crippen LogP contribution in [0.3, 0.4) is 0 Å². The molecular formula is C34H30N2O6S.